The highest BCUT2D eigenvalue weighted by molar-refractivity contribution is 6.42. The summed E-state index contributed by atoms with van der Waals surface area (Å²) in [6.07, 6.45) is 3.05. The van der Waals surface area contributed by atoms with Crippen molar-refractivity contribution in [1.29, 1.82) is 0 Å². The summed E-state index contributed by atoms with van der Waals surface area (Å²) in [6, 6.07) is 23.0. The van der Waals surface area contributed by atoms with E-state index >= 15 is 0 Å². The van der Waals surface area contributed by atoms with Crippen LogP contribution in [0.15, 0.2) is 72.8 Å². The number of carbonyl (C=O) groups is 2. The van der Waals surface area contributed by atoms with Crippen LogP contribution in [0.2, 0.25) is 10.0 Å². The third-order valence-corrected chi connectivity index (χ3v) is 9.64. The molecule has 2 N–H and O–H groups in total. The van der Waals surface area contributed by atoms with Crippen molar-refractivity contribution in [3.63, 3.8) is 0 Å². The Labute approximate surface area is 246 Å². The number of carbonyl (C=O) groups excluding carboxylic acids is 2. The Hall–Kier alpha value is -3.06. The van der Waals surface area contributed by atoms with Crippen LogP contribution in [0.1, 0.15) is 47.2 Å². The molecular weight excluding hydrogens is 545 g/mol. The molecule has 6 nitrogen and oxygen atoms in total. The number of piperidine rings is 1. The maximum absolute atomic E-state index is 13.5. The lowest BCUT2D eigenvalue weighted by Gasteiger charge is -2.41. The third kappa shape index (κ3) is 5.58. The summed E-state index contributed by atoms with van der Waals surface area (Å²) in [4.78, 5) is 30.5. The second kappa shape index (κ2) is 11.8. The SMILES string of the molecule is COc1cccc(C(=O)N2CCC(CCN3CCC(C(N)=O)(c4ccccc4)CC3)(c3ccc(Cl)c(Cl)c3)C2)c1. The average molecular weight is 581 g/mol. The van der Waals surface area contributed by atoms with Gasteiger partial charge < -0.3 is 20.3 Å². The van der Waals surface area contributed by atoms with Crippen molar-refractivity contribution in [1.82, 2.24) is 9.80 Å². The van der Waals surface area contributed by atoms with Crippen LogP contribution in [0.3, 0.4) is 0 Å². The van der Waals surface area contributed by atoms with Crippen molar-refractivity contribution >= 4 is 35.0 Å². The minimum Gasteiger partial charge on any atom is -0.497 e. The van der Waals surface area contributed by atoms with E-state index in [4.69, 9.17) is 33.7 Å². The smallest absolute Gasteiger partial charge is 0.254 e. The summed E-state index contributed by atoms with van der Waals surface area (Å²) in [5.41, 5.74) is 7.77. The summed E-state index contributed by atoms with van der Waals surface area (Å²) in [6.45, 7) is 3.63. The number of ether oxygens (including phenoxy) is 1. The van der Waals surface area contributed by atoms with Crippen LogP contribution >= 0.6 is 23.2 Å². The van der Waals surface area contributed by atoms with Crippen molar-refractivity contribution < 1.29 is 14.3 Å². The van der Waals surface area contributed by atoms with Gasteiger partial charge >= 0.3 is 0 Å². The number of primary amides is 1. The lowest BCUT2D eigenvalue weighted by molar-refractivity contribution is -0.125. The molecule has 40 heavy (non-hydrogen) atoms. The van der Waals surface area contributed by atoms with Crippen molar-refractivity contribution in [2.24, 2.45) is 5.73 Å². The summed E-state index contributed by atoms with van der Waals surface area (Å²) in [5.74, 6) is 0.398. The zero-order valence-corrected chi connectivity index (χ0v) is 24.3. The van der Waals surface area contributed by atoms with E-state index in [-0.39, 0.29) is 17.2 Å². The first-order valence-corrected chi connectivity index (χ1v) is 14.5. The standard InChI is InChI=1S/C32H35Cl2N3O3/c1-40-26-9-5-6-23(20-26)29(38)37-19-13-31(22-37,25-10-11-27(33)28(34)21-25)12-16-36-17-14-32(15-18-36,30(35)39)24-7-3-2-4-8-24/h2-11,20-21H,12-19,22H2,1H3,(H2,35,39). The van der Waals surface area contributed by atoms with E-state index in [9.17, 15) is 9.59 Å². The van der Waals surface area contributed by atoms with Gasteiger partial charge in [-0.1, -0.05) is 65.7 Å². The second-order valence-electron chi connectivity index (χ2n) is 11.0. The van der Waals surface area contributed by atoms with Crippen molar-refractivity contribution in [2.75, 3.05) is 39.8 Å². The van der Waals surface area contributed by atoms with Crippen LogP contribution in [0, 0.1) is 0 Å². The lowest BCUT2D eigenvalue weighted by atomic mass is 9.71. The first kappa shape index (κ1) is 28.5. The summed E-state index contributed by atoms with van der Waals surface area (Å²) >= 11 is 12.7. The zero-order valence-electron chi connectivity index (χ0n) is 22.7. The minimum absolute atomic E-state index is 0.00656. The number of likely N-dealkylation sites (tertiary alicyclic amines) is 2. The Kier molecular flexibility index (Phi) is 8.41. The summed E-state index contributed by atoms with van der Waals surface area (Å²) in [5, 5.41) is 1.03. The molecule has 1 unspecified atom stereocenters. The predicted molar refractivity (Wildman–Crippen MR) is 159 cm³/mol. The topological polar surface area (TPSA) is 75.9 Å². The zero-order chi connectivity index (χ0) is 28.3. The molecule has 8 heteroatoms. The maximum Gasteiger partial charge on any atom is 0.254 e. The molecule has 0 spiro atoms. The van der Waals surface area contributed by atoms with Gasteiger partial charge in [-0.2, -0.15) is 0 Å². The highest BCUT2D eigenvalue weighted by Crippen LogP contribution is 2.42. The van der Waals surface area contributed by atoms with Crippen LogP contribution in [0.5, 0.6) is 5.75 Å². The van der Waals surface area contributed by atoms with Crippen LogP contribution in [-0.4, -0.2) is 61.4 Å². The Morgan fingerprint density at radius 3 is 2.30 bits per heavy atom. The van der Waals surface area contributed by atoms with E-state index in [1.165, 1.54) is 0 Å². The Balaban J connectivity index is 1.33. The number of hydrogen-bond acceptors (Lipinski definition) is 4. The van der Waals surface area contributed by atoms with E-state index in [0.717, 1.165) is 43.6 Å². The van der Waals surface area contributed by atoms with Gasteiger partial charge in [-0.25, -0.2) is 0 Å². The summed E-state index contributed by atoms with van der Waals surface area (Å²) < 4.78 is 5.33. The van der Waals surface area contributed by atoms with Gasteiger partial charge in [-0.15, -0.1) is 0 Å². The summed E-state index contributed by atoms with van der Waals surface area (Å²) in [7, 11) is 1.60. The van der Waals surface area contributed by atoms with Gasteiger partial charge in [-0.05, 0) is 86.8 Å². The number of rotatable bonds is 8. The Morgan fingerprint density at radius 2 is 1.62 bits per heavy atom. The number of nitrogens with two attached hydrogens (primary N) is 1. The second-order valence-corrected chi connectivity index (χ2v) is 11.8. The molecule has 2 fully saturated rings. The fourth-order valence-corrected chi connectivity index (χ4v) is 6.66. The van der Waals surface area contributed by atoms with Crippen LogP contribution in [-0.2, 0) is 15.6 Å². The van der Waals surface area contributed by atoms with Crippen molar-refractivity contribution in [3.8, 4) is 5.75 Å². The molecule has 3 aromatic rings. The first-order chi connectivity index (χ1) is 19.3. The molecule has 3 aromatic carbocycles. The van der Waals surface area contributed by atoms with E-state index in [1.807, 2.05) is 71.6 Å². The number of hydrogen-bond donors (Lipinski definition) is 1. The van der Waals surface area contributed by atoms with Crippen LogP contribution in [0.25, 0.3) is 0 Å². The number of amides is 2. The molecule has 2 aliphatic rings. The van der Waals surface area contributed by atoms with Gasteiger partial charge in [0.2, 0.25) is 5.91 Å². The van der Waals surface area contributed by atoms with Gasteiger partial charge in [0.15, 0.2) is 0 Å². The lowest BCUT2D eigenvalue weighted by Crippen LogP contribution is -2.50. The van der Waals surface area contributed by atoms with E-state index in [2.05, 4.69) is 4.90 Å². The van der Waals surface area contributed by atoms with Gasteiger partial charge in [0.1, 0.15) is 5.75 Å². The van der Waals surface area contributed by atoms with E-state index in [0.29, 0.717) is 47.3 Å². The number of halogens is 2. The largest absolute Gasteiger partial charge is 0.497 e. The monoisotopic (exact) mass is 579 g/mol. The molecule has 2 amide bonds. The molecule has 2 aliphatic heterocycles. The van der Waals surface area contributed by atoms with Crippen molar-refractivity contribution in [2.45, 2.75) is 36.5 Å². The quantitative estimate of drug-likeness (QED) is 0.371. The fraction of sp³-hybridized carbons (Fsp3) is 0.375. The molecule has 5 rings (SSSR count). The van der Waals surface area contributed by atoms with Gasteiger partial charge in [0, 0.05) is 24.1 Å². The van der Waals surface area contributed by atoms with Crippen molar-refractivity contribution in [3.05, 3.63) is 99.5 Å². The third-order valence-electron chi connectivity index (χ3n) is 8.90. The highest BCUT2D eigenvalue weighted by atomic mass is 35.5. The van der Waals surface area contributed by atoms with Crippen LogP contribution in [0.4, 0.5) is 0 Å². The number of benzene rings is 3. The average Bonchev–Trinajstić information content (AvgIpc) is 3.43. The first-order valence-electron chi connectivity index (χ1n) is 13.7. The minimum atomic E-state index is -0.632. The molecule has 0 aliphatic carbocycles. The van der Waals surface area contributed by atoms with Crippen LogP contribution < -0.4 is 10.5 Å². The molecule has 210 valence electrons. The molecule has 2 saturated heterocycles. The molecule has 0 saturated carbocycles. The molecule has 2 heterocycles. The number of nitrogens with zero attached hydrogens (tertiary/aromatic N) is 2. The molecule has 0 bridgehead atoms. The maximum atomic E-state index is 13.5. The molecule has 0 aromatic heterocycles. The molecule has 1 atom stereocenters. The molecular formula is C32H35Cl2N3O3. The van der Waals surface area contributed by atoms with Gasteiger partial charge in [-0.3, -0.25) is 9.59 Å². The van der Waals surface area contributed by atoms with E-state index < -0.39 is 5.41 Å². The normalized spacial score (nSPS) is 20.8. The van der Waals surface area contributed by atoms with Gasteiger partial charge in [0.25, 0.3) is 5.91 Å². The molecule has 0 radical (unpaired) electrons. The fourth-order valence-electron chi connectivity index (χ4n) is 6.36. The van der Waals surface area contributed by atoms with E-state index in [1.54, 1.807) is 13.2 Å². The Bertz CT molecular complexity index is 1370. The highest BCUT2D eigenvalue weighted by Gasteiger charge is 2.44. The Morgan fingerprint density at radius 1 is 0.875 bits per heavy atom. The predicted octanol–water partition coefficient (Wildman–Crippen LogP) is 5.70. The number of methoxy groups -OCH3 is 1. The van der Waals surface area contributed by atoms with Gasteiger partial charge in [0.05, 0.1) is 22.6 Å².